The van der Waals surface area contributed by atoms with Crippen molar-refractivity contribution in [3.8, 4) is 0 Å². The first-order valence-electron chi connectivity index (χ1n) is 4.35. The van der Waals surface area contributed by atoms with Crippen molar-refractivity contribution in [1.29, 1.82) is 0 Å². The van der Waals surface area contributed by atoms with Crippen molar-refractivity contribution in [2.45, 2.75) is 26.2 Å². The molecule has 2 rings (SSSR count). The topological polar surface area (TPSA) is 0 Å². The van der Waals surface area contributed by atoms with Crippen LogP contribution in [0.15, 0.2) is 28.7 Å². The van der Waals surface area contributed by atoms with E-state index in [0.29, 0.717) is 5.41 Å². The number of hydrogen-bond donors (Lipinski definition) is 0. The fraction of sp³-hybridized carbons (Fsp3) is 0.455. The van der Waals surface area contributed by atoms with Crippen molar-refractivity contribution >= 4 is 15.9 Å². The largest absolute Gasteiger partial charge is 0.0593 e. The Morgan fingerprint density at radius 2 is 1.75 bits per heavy atom. The zero-order chi connectivity index (χ0) is 8.77. The maximum Gasteiger partial charge on any atom is 0.0175 e. The average Bonchev–Trinajstić information content (AvgIpc) is 2.61. The van der Waals surface area contributed by atoms with Gasteiger partial charge in [0.05, 0.1) is 0 Å². The zero-order valence-corrected chi connectivity index (χ0v) is 9.06. The maximum atomic E-state index is 3.44. The highest BCUT2D eigenvalue weighted by atomic mass is 79.9. The second kappa shape index (κ2) is 2.59. The summed E-state index contributed by atoms with van der Waals surface area (Å²) in [4.78, 5) is 0. The van der Waals surface area contributed by atoms with Crippen molar-refractivity contribution in [2.24, 2.45) is 5.41 Å². The fourth-order valence-corrected chi connectivity index (χ4v) is 2.00. The van der Waals surface area contributed by atoms with E-state index >= 15 is 0 Å². The molecule has 0 spiro atoms. The first kappa shape index (κ1) is 8.31. The van der Waals surface area contributed by atoms with Crippen LogP contribution in [0.3, 0.4) is 0 Å². The van der Waals surface area contributed by atoms with Gasteiger partial charge in [-0.15, -0.1) is 0 Å². The molecule has 0 heterocycles. The van der Waals surface area contributed by atoms with Gasteiger partial charge in [0.15, 0.2) is 0 Å². The van der Waals surface area contributed by atoms with Gasteiger partial charge in [-0.3, -0.25) is 0 Å². The van der Waals surface area contributed by atoms with Gasteiger partial charge in [-0.1, -0.05) is 41.9 Å². The first-order chi connectivity index (χ1) is 5.59. The summed E-state index contributed by atoms with van der Waals surface area (Å²) in [7, 11) is 0. The highest BCUT2D eigenvalue weighted by Gasteiger charge is 2.46. The molecule has 1 unspecified atom stereocenters. The minimum atomic E-state index is 0.549. The summed E-state index contributed by atoms with van der Waals surface area (Å²) in [5.74, 6) is 0.797. The molecule has 1 heteroatoms. The van der Waals surface area contributed by atoms with Crippen LogP contribution in [0.5, 0.6) is 0 Å². The molecule has 0 nitrogen and oxygen atoms in total. The lowest BCUT2D eigenvalue weighted by molar-refractivity contribution is 0.621. The van der Waals surface area contributed by atoms with Gasteiger partial charge in [0.2, 0.25) is 0 Å². The van der Waals surface area contributed by atoms with Crippen molar-refractivity contribution in [3.63, 3.8) is 0 Å². The smallest absolute Gasteiger partial charge is 0.0175 e. The summed E-state index contributed by atoms with van der Waals surface area (Å²) in [5, 5.41) is 0. The molecule has 0 aromatic heterocycles. The predicted octanol–water partition coefficient (Wildman–Crippen LogP) is 3.96. The van der Waals surface area contributed by atoms with E-state index in [1.165, 1.54) is 16.5 Å². The van der Waals surface area contributed by atoms with Crippen LogP contribution in [0.25, 0.3) is 0 Å². The van der Waals surface area contributed by atoms with Crippen molar-refractivity contribution in [1.82, 2.24) is 0 Å². The minimum Gasteiger partial charge on any atom is -0.0593 e. The van der Waals surface area contributed by atoms with Crippen LogP contribution >= 0.6 is 15.9 Å². The van der Waals surface area contributed by atoms with Gasteiger partial charge in [0, 0.05) is 4.47 Å². The Kier molecular flexibility index (Phi) is 1.80. The Balaban J connectivity index is 2.21. The predicted molar refractivity (Wildman–Crippen MR) is 55.3 cm³/mol. The van der Waals surface area contributed by atoms with Crippen molar-refractivity contribution < 1.29 is 0 Å². The molecule has 0 saturated heterocycles. The van der Waals surface area contributed by atoms with Crippen molar-refractivity contribution in [2.75, 3.05) is 0 Å². The van der Waals surface area contributed by atoms with Crippen LogP contribution in [0.1, 0.15) is 31.7 Å². The summed E-state index contributed by atoms with van der Waals surface area (Å²) < 4.78 is 1.17. The van der Waals surface area contributed by atoms with E-state index in [2.05, 4.69) is 54.0 Å². The average molecular weight is 225 g/mol. The van der Waals surface area contributed by atoms with Crippen LogP contribution in [-0.4, -0.2) is 0 Å². The highest BCUT2D eigenvalue weighted by Crippen LogP contribution is 2.58. The van der Waals surface area contributed by atoms with E-state index in [1.807, 2.05) is 0 Å². The first-order valence-corrected chi connectivity index (χ1v) is 5.14. The third kappa shape index (κ3) is 1.42. The summed E-state index contributed by atoms with van der Waals surface area (Å²) in [6, 6.07) is 8.71. The molecule has 0 bridgehead atoms. The molecule has 0 aliphatic heterocycles. The van der Waals surface area contributed by atoms with E-state index in [9.17, 15) is 0 Å². The molecule has 1 atom stereocenters. The molecular weight excluding hydrogens is 212 g/mol. The van der Waals surface area contributed by atoms with E-state index in [-0.39, 0.29) is 0 Å². The Hall–Kier alpha value is -0.300. The Morgan fingerprint density at radius 3 is 2.17 bits per heavy atom. The molecular formula is C11H13Br. The van der Waals surface area contributed by atoms with Gasteiger partial charge in [0.1, 0.15) is 0 Å². The van der Waals surface area contributed by atoms with Gasteiger partial charge < -0.3 is 0 Å². The molecule has 12 heavy (non-hydrogen) atoms. The summed E-state index contributed by atoms with van der Waals surface area (Å²) in [6.07, 6.45) is 1.34. The Labute approximate surface area is 82.1 Å². The number of rotatable bonds is 1. The Bertz CT molecular complexity index is 284. The fourth-order valence-electron chi connectivity index (χ4n) is 1.73. The van der Waals surface area contributed by atoms with Gasteiger partial charge in [-0.25, -0.2) is 0 Å². The summed E-state index contributed by atoms with van der Waals surface area (Å²) in [6.45, 7) is 4.67. The molecule has 0 N–H and O–H groups in total. The molecule has 64 valence electrons. The summed E-state index contributed by atoms with van der Waals surface area (Å²) in [5.41, 5.74) is 2.04. The maximum absolute atomic E-state index is 3.44. The Morgan fingerprint density at radius 1 is 1.25 bits per heavy atom. The van der Waals surface area contributed by atoms with E-state index in [0.717, 1.165) is 5.92 Å². The number of halogens is 1. The zero-order valence-electron chi connectivity index (χ0n) is 7.47. The molecule has 1 aromatic rings. The third-order valence-corrected chi connectivity index (χ3v) is 3.31. The van der Waals surface area contributed by atoms with Gasteiger partial charge >= 0.3 is 0 Å². The molecule has 0 amide bonds. The second-order valence-electron chi connectivity index (χ2n) is 4.30. The minimum absolute atomic E-state index is 0.549. The van der Waals surface area contributed by atoms with Crippen LogP contribution < -0.4 is 0 Å². The monoisotopic (exact) mass is 224 g/mol. The van der Waals surface area contributed by atoms with Crippen LogP contribution in [-0.2, 0) is 0 Å². The number of benzene rings is 1. The SMILES string of the molecule is CC1(C)CC1c1ccc(Br)cc1. The van der Waals surface area contributed by atoms with E-state index in [1.54, 1.807) is 0 Å². The lowest BCUT2D eigenvalue weighted by atomic mass is 10.0. The van der Waals surface area contributed by atoms with E-state index < -0.39 is 0 Å². The molecule has 1 aliphatic carbocycles. The van der Waals surface area contributed by atoms with Gasteiger partial charge in [-0.2, -0.15) is 0 Å². The highest BCUT2D eigenvalue weighted by molar-refractivity contribution is 9.10. The van der Waals surface area contributed by atoms with E-state index in [4.69, 9.17) is 0 Å². The number of hydrogen-bond acceptors (Lipinski definition) is 0. The molecule has 1 saturated carbocycles. The molecule has 1 aliphatic rings. The summed E-state index contributed by atoms with van der Waals surface area (Å²) >= 11 is 3.44. The van der Waals surface area contributed by atoms with Crippen molar-refractivity contribution in [3.05, 3.63) is 34.3 Å². The van der Waals surface area contributed by atoms with Crippen LogP contribution in [0.4, 0.5) is 0 Å². The normalized spacial score (nSPS) is 25.4. The van der Waals surface area contributed by atoms with Crippen LogP contribution in [0.2, 0.25) is 0 Å². The van der Waals surface area contributed by atoms with Gasteiger partial charge in [0.25, 0.3) is 0 Å². The second-order valence-corrected chi connectivity index (χ2v) is 5.21. The standard InChI is InChI=1S/C11H13Br/c1-11(2)7-10(11)8-3-5-9(12)6-4-8/h3-6,10H,7H2,1-2H3. The molecule has 1 aromatic carbocycles. The third-order valence-electron chi connectivity index (χ3n) is 2.79. The molecule has 1 fully saturated rings. The van der Waals surface area contributed by atoms with Crippen LogP contribution in [0, 0.1) is 5.41 Å². The quantitative estimate of drug-likeness (QED) is 0.678. The lowest BCUT2D eigenvalue weighted by Crippen LogP contribution is -1.88. The lowest BCUT2D eigenvalue weighted by Gasteiger charge is -2.02. The van der Waals surface area contributed by atoms with Gasteiger partial charge in [-0.05, 0) is 35.4 Å². The molecule has 0 radical (unpaired) electrons.